The first kappa shape index (κ1) is 18.4. The highest BCUT2D eigenvalue weighted by Crippen LogP contribution is 2.13. The van der Waals surface area contributed by atoms with Crippen LogP contribution >= 0.6 is 0 Å². The summed E-state index contributed by atoms with van der Waals surface area (Å²) >= 11 is 0. The van der Waals surface area contributed by atoms with E-state index in [0.29, 0.717) is 0 Å². The van der Waals surface area contributed by atoms with Crippen molar-refractivity contribution >= 4 is 19.0 Å². The fourth-order valence-corrected chi connectivity index (χ4v) is 8.79. The second-order valence-corrected chi connectivity index (χ2v) is 12.5. The minimum Gasteiger partial charge on any atom is -0.304 e. The molecule has 0 aromatic heterocycles. The third kappa shape index (κ3) is 5.90. The molecular formula is C16H36N4Si2. The molecule has 0 aromatic carbocycles. The highest BCUT2D eigenvalue weighted by molar-refractivity contribution is 6.59. The second kappa shape index (κ2) is 9.34. The molecule has 0 saturated carbocycles. The van der Waals surface area contributed by atoms with E-state index >= 15 is 0 Å². The molecule has 0 aliphatic carbocycles. The van der Waals surface area contributed by atoms with Crippen LogP contribution in [0.2, 0.25) is 5.67 Å². The Balaban J connectivity index is 1.89. The van der Waals surface area contributed by atoms with Crippen LogP contribution in [0.5, 0.6) is 0 Å². The van der Waals surface area contributed by atoms with E-state index in [2.05, 4.69) is 53.2 Å². The first-order chi connectivity index (χ1) is 10.6. The average molecular weight is 341 g/mol. The molecule has 0 radical (unpaired) electrons. The van der Waals surface area contributed by atoms with E-state index in [1.165, 1.54) is 57.9 Å². The smallest absolute Gasteiger partial charge is 0.0564 e. The molecule has 4 nitrogen and oxygen atoms in total. The maximum absolute atomic E-state index is 2.83. The fraction of sp³-hybridized carbons (Fsp3) is 0.875. The first-order valence-corrected chi connectivity index (χ1v) is 12.7. The number of likely N-dealkylation sites (N-methyl/N-ethyl adjacent to an activating group) is 2. The van der Waals surface area contributed by atoms with Crippen LogP contribution in [0.3, 0.4) is 0 Å². The van der Waals surface area contributed by atoms with Crippen LogP contribution in [-0.2, 0) is 0 Å². The van der Waals surface area contributed by atoms with Crippen LogP contribution in [0.1, 0.15) is 13.8 Å². The lowest BCUT2D eigenvalue weighted by Gasteiger charge is -2.46. The van der Waals surface area contributed by atoms with Crippen molar-refractivity contribution in [2.75, 3.05) is 66.5 Å². The van der Waals surface area contributed by atoms with E-state index in [0.717, 1.165) is 5.79 Å². The Morgan fingerprint density at radius 3 is 1.73 bits per heavy atom. The van der Waals surface area contributed by atoms with E-state index in [9.17, 15) is 0 Å². The van der Waals surface area contributed by atoms with Crippen molar-refractivity contribution in [3.05, 3.63) is 11.3 Å². The van der Waals surface area contributed by atoms with Gasteiger partial charge in [-0.2, -0.15) is 0 Å². The highest BCUT2D eigenvalue weighted by Gasteiger charge is 2.28. The topological polar surface area (TPSA) is 13.0 Å². The zero-order valence-corrected chi connectivity index (χ0v) is 18.1. The van der Waals surface area contributed by atoms with Crippen LogP contribution in [0.4, 0.5) is 0 Å². The van der Waals surface area contributed by atoms with E-state index in [1.54, 1.807) is 5.67 Å². The first-order valence-electron chi connectivity index (χ1n) is 9.05. The molecule has 0 spiro atoms. The molecule has 0 amide bonds. The molecule has 0 aromatic rings. The standard InChI is InChI=1S/C16H36N4Si2/c1-15(2)13-21-14-22-16(19-9-5-17(3)6-10-19)20-11-7-18(4)8-12-20/h13,16H,5-12,14,21-22H2,1-4H3. The van der Waals surface area contributed by atoms with Gasteiger partial charge in [-0.1, -0.05) is 11.2 Å². The van der Waals surface area contributed by atoms with Crippen LogP contribution in [0.15, 0.2) is 11.3 Å². The Morgan fingerprint density at radius 1 is 0.864 bits per heavy atom. The zero-order chi connectivity index (χ0) is 15.9. The average Bonchev–Trinajstić information content (AvgIpc) is 2.50. The number of rotatable bonds is 6. The molecule has 2 aliphatic heterocycles. The van der Waals surface area contributed by atoms with Gasteiger partial charge in [-0.15, -0.1) is 5.70 Å². The van der Waals surface area contributed by atoms with Gasteiger partial charge in [-0.25, -0.2) is 0 Å². The van der Waals surface area contributed by atoms with Gasteiger partial charge in [0, 0.05) is 67.7 Å². The summed E-state index contributed by atoms with van der Waals surface area (Å²) in [6, 6.07) is 0. The van der Waals surface area contributed by atoms with Gasteiger partial charge in [0.1, 0.15) is 0 Å². The van der Waals surface area contributed by atoms with Crippen LogP contribution in [0, 0.1) is 0 Å². The molecule has 2 heterocycles. The molecule has 22 heavy (non-hydrogen) atoms. The van der Waals surface area contributed by atoms with Crippen molar-refractivity contribution in [1.82, 2.24) is 19.6 Å². The second-order valence-electron chi connectivity index (χ2n) is 7.37. The lowest BCUT2D eigenvalue weighted by Crippen LogP contribution is -2.61. The van der Waals surface area contributed by atoms with Crippen molar-refractivity contribution in [3.8, 4) is 0 Å². The molecule has 0 atom stereocenters. The van der Waals surface area contributed by atoms with Gasteiger partial charge in [0.25, 0.3) is 0 Å². The monoisotopic (exact) mass is 340 g/mol. The van der Waals surface area contributed by atoms with Crippen LogP contribution in [-0.4, -0.2) is 111 Å². The Morgan fingerprint density at radius 2 is 1.32 bits per heavy atom. The van der Waals surface area contributed by atoms with E-state index in [1.807, 2.05) is 0 Å². The van der Waals surface area contributed by atoms with Gasteiger partial charge in [-0.3, -0.25) is 9.80 Å². The number of hydrogen-bond acceptors (Lipinski definition) is 4. The summed E-state index contributed by atoms with van der Waals surface area (Å²) in [4.78, 5) is 10.6. The molecular weight excluding hydrogens is 304 g/mol. The molecule has 2 aliphatic rings. The third-order valence-electron chi connectivity index (χ3n) is 5.14. The summed E-state index contributed by atoms with van der Waals surface area (Å²) in [5, 5.41) is 0. The Hall–Kier alpha value is 0.0138. The molecule has 128 valence electrons. The van der Waals surface area contributed by atoms with E-state index < -0.39 is 0 Å². The Kier molecular flexibility index (Phi) is 7.80. The predicted molar refractivity (Wildman–Crippen MR) is 103 cm³/mol. The SMILES string of the molecule is CC(C)=C[SiH2]C[SiH2]C(N1CCN(C)CC1)N1CCN(C)CC1. The minimum absolute atomic E-state index is 0.00924. The van der Waals surface area contributed by atoms with Crippen LogP contribution < -0.4 is 0 Å². The van der Waals surface area contributed by atoms with Crippen molar-refractivity contribution in [3.63, 3.8) is 0 Å². The number of hydrogen-bond donors (Lipinski definition) is 0. The lowest BCUT2D eigenvalue weighted by molar-refractivity contribution is 0.0313. The highest BCUT2D eigenvalue weighted by atomic mass is 28.3. The van der Waals surface area contributed by atoms with Crippen molar-refractivity contribution in [2.45, 2.75) is 25.3 Å². The largest absolute Gasteiger partial charge is 0.304 e. The molecule has 6 heteroatoms. The summed E-state index contributed by atoms with van der Waals surface area (Å²) in [6.45, 7) is 14.7. The van der Waals surface area contributed by atoms with E-state index in [-0.39, 0.29) is 19.0 Å². The van der Waals surface area contributed by atoms with E-state index in [4.69, 9.17) is 0 Å². The molecule has 2 rings (SSSR count). The molecule has 0 unspecified atom stereocenters. The fourth-order valence-electron chi connectivity index (χ4n) is 3.53. The number of nitrogens with zero attached hydrogens (tertiary/aromatic N) is 4. The van der Waals surface area contributed by atoms with Gasteiger partial charge in [0.2, 0.25) is 0 Å². The zero-order valence-electron chi connectivity index (χ0n) is 15.2. The Bertz CT molecular complexity index is 322. The summed E-state index contributed by atoms with van der Waals surface area (Å²) in [5.74, 6) is 0.834. The van der Waals surface area contributed by atoms with Crippen molar-refractivity contribution in [1.29, 1.82) is 0 Å². The molecule has 0 bridgehead atoms. The molecule has 0 N–H and O–H groups in total. The summed E-state index contributed by atoms with van der Waals surface area (Å²) < 4.78 is 0. The van der Waals surface area contributed by atoms with Gasteiger partial charge in [0.05, 0.1) is 9.52 Å². The molecule has 2 saturated heterocycles. The molecule has 2 fully saturated rings. The summed E-state index contributed by atoms with van der Waals surface area (Å²) in [5.41, 5.74) is 5.70. The van der Waals surface area contributed by atoms with Gasteiger partial charge < -0.3 is 9.80 Å². The number of allylic oxidation sites excluding steroid dienone is 1. The lowest BCUT2D eigenvalue weighted by atomic mass is 10.3. The van der Waals surface area contributed by atoms with Gasteiger partial charge >= 0.3 is 0 Å². The summed E-state index contributed by atoms with van der Waals surface area (Å²) in [7, 11) is 4.58. The third-order valence-corrected chi connectivity index (χ3v) is 11.1. The number of piperazine rings is 2. The van der Waals surface area contributed by atoms with Crippen molar-refractivity contribution in [2.24, 2.45) is 0 Å². The van der Waals surface area contributed by atoms with Gasteiger partial charge in [-0.05, 0) is 27.9 Å². The predicted octanol–water partition coefficient (Wildman–Crippen LogP) is -0.598. The van der Waals surface area contributed by atoms with Gasteiger partial charge in [0.15, 0.2) is 0 Å². The normalized spacial score (nSPS) is 24.2. The van der Waals surface area contributed by atoms with Crippen molar-refractivity contribution < 1.29 is 0 Å². The quantitative estimate of drug-likeness (QED) is 0.473. The Labute approximate surface area is 142 Å². The maximum Gasteiger partial charge on any atom is 0.0564 e. The maximum atomic E-state index is 2.83. The minimum atomic E-state index is -0.00924. The summed E-state index contributed by atoms with van der Waals surface area (Å²) in [6.07, 6.45) is 0. The van der Waals surface area contributed by atoms with Crippen LogP contribution in [0.25, 0.3) is 0 Å².